The molecule has 6 N–H and O–H groups in total. The quantitative estimate of drug-likeness (QED) is 0.243. The highest BCUT2D eigenvalue weighted by Crippen LogP contribution is 2.26. The number of hydrogen-bond donors (Lipinski definition) is 6. The maximum Gasteiger partial charge on any atom is 0.304 e. The fraction of sp³-hybridized carbons (Fsp3) is 0.800. The first-order valence-corrected chi connectivity index (χ1v) is 11.0. The van der Waals surface area contributed by atoms with Crippen LogP contribution >= 0.6 is 0 Å². The summed E-state index contributed by atoms with van der Waals surface area (Å²) in [5, 5.41) is 39.5. The van der Waals surface area contributed by atoms with Crippen molar-refractivity contribution in [1.29, 1.82) is 0 Å². The molecule has 0 amide bonds. The van der Waals surface area contributed by atoms with Crippen molar-refractivity contribution in [2.24, 2.45) is 11.8 Å². The molecule has 32 heavy (non-hydrogen) atoms. The number of nitrogens with one attached hydrogen (secondary N) is 2. The smallest absolute Gasteiger partial charge is 0.304 e. The minimum Gasteiger partial charge on any atom is -0.481 e. The molecule has 12 nitrogen and oxygen atoms in total. The first-order valence-electron chi connectivity index (χ1n) is 11.0. The Bertz CT molecular complexity index is 498. The Hall–Kier alpha value is -2.28. The molecule has 12 heteroatoms. The van der Waals surface area contributed by atoms with E-state index in [1.54, 1.807) is 10.0 Å². The van der Waals surface area contributed by atoms with E-state index in [0.717, 1.165) is 12.8 Å². The molecule has 0 saturated carbocycles. The van der Waals surface area contributed by atoms with Crippen LogP contribution in [0.4, 0.5) is 0 Å². The maximum atomic E-state index is 11.0. The predicted octanol–water partition coefficient (Wildman–Crippen LogP) is 1.00. The first-order chi connectivity index (χ1) is 15.2. The number of aliphatic carboxylic acids is 4. The van der Waals surface area contributed by atoms with Crippen molar-refractivity contribution >= 4 is 23.9 Å². The second-order valence-corrected chi connectivity index (χ2v) is 8.24. The zero-order valence-corrected chi connectivity index (χ0v) is 18.4. The minimum absolute atomic E-state index is 0.0498. The summed E-state index contributed by atoms with van der Waals surface area (Å²) in [5.74, 6) is -3.37. The number of nitrogens with zero attached hydrogens (tertiary/aromatic N) is 2. The summed E-state index contributed by atoms with van der Waals surface area (Å²) in [6.45, 7) is 1.41. The fourth-order valence-corrected chi connectivity index (χ4v) is 3.72. The van der Waals surface area contributed by atoms with Gasteiger partial charge in [-0.3, -0.25) is 19.2 Å². The SMILES string of the molecule is O=C(O)CCC1CCC(CCC(=O)O)CCN(CCC(=O)O)NNN(CCC(=O)O)CC1. The number of hydrazine groups is 3. The maximum absolute atomic E-state index is 11.0. The van der Waals surface area contributed by atoms with Gasteiger partial charge in [0.1, 0.15) is 0 Å². The van der Waals surface area contributed by atoms with Crippen LogP contribution < -0.4 is 11.1 Å². The van der Waals surface area contributed by atoms with Crippen LogP contribution in [0, 0.1) is 11.8 Å². The van der Waals surface area contributed by atoms with E-state index in [-0.39, 0.29) is 50.6 Å². The largest absolute Gasteiger partial charge is 0.481 e. The van der Waals surface area contributed by atoms with Crippen LogP contribution in [0.1, 0.15) is 64.2 Å². The molecule has 184 valence electrons. The molecule has 1 rings (SSSR count). The second-order valence-electron chi connectivity index (χ2n) is 8.24. The fourth-order valence-electron chi connectivity index (χ4n) is 3.72. The van der Waals surface area contributed by atoms with Gasteiger partial charge in [-0.05, 0) is 37.5 Å². The Balaban J connectivity index is 2.88. The molecule has 0 aromatic heterocycles. The van der Waals surface area contributed by atoms with Crippen LogP contribution in [0.3, 0.4) is 0 Å². The van der Waals surface area contributed by atoms with Crippen LogP contribution in [0.5, 0.6) is 0 Å². The highest BCUT2D eigenvalue weighted by molar-refractivity contribution is 5.67. The normalized spacial score (nSPS) is 21.9. The minimum atomic E-state index is -0.940. The van der Waals surface area contributed by atoms with E-state index in [4.69, 9.17) is 20.4 Å². The van der Waals surface area contributed by atoms with Gasteiger partial charge < -0.3 is 20.4 Å². The summed E-state index contributed by atoms with van der Waals surface area (Å²) in [6.07, 6.45) is 3.77. The summed E-state index contributed by atoms with van der Waals surface area (Å²) >= 11 is 0. The van der Waals surface area contributed by atoms with Crippen molar-refractivity contribution < 1.29 is 39.6 Å². The Labute approximate surface area is 187 Å². The number of rotatable bonds is 12. The lowest BCUT2D eigenvalue weighted by Gasteiger charge is -2.32. The van der Waals surface area contributed by atoms with Gasteiger partial charge in [0, 0.05) is 39.0 Å². The molecular weight excluding hydrogens is 424 g/mol. The van der Waals surface area contributed by atoms with Crippen LogP contribution in [0.15, 0.2) is 0 Å². The molecule has 2 atom stereocenters. The van der Waals surface area contributed by atoms with E-state index >= 15 is 0 Å². The molecule has 0 spiro atoms. The van der Waals surface area contributed by atoms with E-state index < -0.39 is 23.9 Å². The Morgan fingerprint density at radius 3 is 1.25 bits per heavy atom. The van der Waals surface area contributed by atoms with Gasteiger partial charge in [-0.1, -0.05) is 12.8 Å². The molecule has 1 heterocycles. The highest BCUT2D eigenvalue weighted by Gasteiger charge is 2.20. The van der Waals surface area contributed by atoms with Crippen molar-refractivity contribution in [3.8, 4) is 0 Å². The van der Waals surface area contributed by atoms with Crippen molar-refractivity contribution in [3.63, 3.8) is 0 Å². The average molecular weight is 461 g/mol. The molecule has 1 aliphatic rings. The number of carboxylic acids is 4. The van der Waals surface area contributed by atoms with Gasteiger partial charge in [-0.25, -0.2) is 10.0 Å². The van der Waals surface area contributed by atoms with Gasteiger partial charge >= 0.3 is 23.9 Å². The Morgan fingerprint density at radius 2 is 0.938 bits per heavy atom. The van der Waals surface area contributed by atoms with Crippen molar-refractivity contribution in [3.05, 3.63) is 0 Å². The van der Waals surface area contributed by atoms with Gasteiger partial charge in [0.15, 0.2) is 0 Å². The predicted molar refractivity (Wildman–Crippen MR) is 113 cm³/mol. The van der Waals surface area contributed by atoms with E-state index in [1.165, 1.54) is 0 Å². The van der Waals surface area contributed by atoms with E-state index in [2.05, 4.69) is 11.1 Å². The molecule has 1 fully saturated rings. The molecular formula is C20H36N4O8. The van der Waals surface area contributed by atoms with Gasteiger partial charge in [-0.15, -0.1) is 0 Å². The lowest BCUT2D eigenvalue weighted by molar-refractivity contribution is -0.139. The summed E-state index contributed by atoms with van der Waals surface area (Å²) in [7, 11) is 0. The molecule has 0 radical (unpaired) electrons. The van der Waals surface area contributed by atoms with Gasteiger partial charge in [0.05, 0.1) is 12.8 Å². The molecule has 0 aromatic carbocycles. The Morgan fingerprint density at radius 1 is 0.594 bits per heavy atom. The number of hydrogen-bond acceptors (Lipinski definition) is 8. The van der Waals surface area contributed by atoms with Crippen molar-refractivity contribution in [2.75, 3.05) is 26.2 Å². The third-order valence-electron chi connectivity index (χ3n) is 5.69. The van der Waals surface area contributed by atoms with E-state index in [0.29, 0.717) is 38.8 Å². The summed E-state index contributed by atoms with van der Waals surface area (Å²) < 4.78 is 0. The monoisotopic (exact) mass is 460 g/mol. The topological polar surface area (TPSA) is 180 Å². The molecule has 1 saturated heterocycles. The van der Waals surface area contributed by atoms with E-state index in [1.807, 2.05) is 0 Å². The third-order valence-corrected chi connectivity index (χ3v) is 5.69. The molecule has 1 aliphatic heterocycles. The highest BCUT2D eigenvalue weighted by atomic mass is 16.4. The Kier molecular flexibility index (Phi) is 13.5. The van der Waals surface area contributed by atoms with Crippen LogP contribution in [-0.2, 0) is 19.2 Å². The number of carboxylic acid groups (broad SMARTS) is 4. The second kappa shape index (κ2) is 15.5. The standard InChI is InChI=1S/C20H36N4O8/c25-17(26)5-3-15-1-2-16(4-6-18(27)28)8-12-24(14-10-20(31)32)22-21-23(11-7-15)13-9-19(29)30/h15-16,21-22H,1-14H2,(H,25,26)(H,27,28)(H,29,30)(H,31,32). The van der Waals surface area contributed by atoms with Gasteiger partial charge in [0.2, 0.25) is 0 Å². The van der Waals surface area contributed by atoms with Crippen molar-refractivity contribution in [1.82, 2.24) is 21.1 Å². The van der Waals surface area contributed by atoms with Gasteiger partial charge in [0.25, 0.3) is 0 Å². The van der Waals surface area contributed by atoms with Crippen molar-refractivity contribution in [2.45, 2.75) is 64.2 Å². The zero-order chi connectivity index (χ0) is 23.9. The summed E-state index contributed by atoms with van der Waals surface area (Å²) in [5.41, 5.74) is 5.92. The van der Waals surface area contributed by atoms with Gasteiger partial charge in [-0.2, -0.15) is 11.1 Å². The molecule has 0 bridgehead atoms. The summed E-state index contributed by atoms with van der Waals surface area (Å²) in [4.78, 5) is 44.1. The van der Waals surface area contributed by atoms with Crippen LogP contribution in [0.2, 0.25) is 0 Å². The van der Waals surface area contributed by atoms with Crippen LogP contribution in [-0.4, -0.2) is 80.5 Å². The molecule has 2 unspecified atom stereocenters. The zero-order valence-electron chi connectivity index (χ0n) is 18.4. The lowest BCUT2D eigenvalue weighted by atomic mass is 9.86. The molecule has 0 aliphatic carbocycles. The summed E-state index contributed by atoms with van der Waals surface area (Å²) in [6, 6.07) is 0. The average Bonchev–Trinajstić information content (AvgIpc) is 2.70. The van der Waals surface area contributed by atoms with E-state index in [9.17, 15) is 19.2 Å². The lowest BCUT2D eigenvalue weighted by Crippen LogP contribution is -2.56. The number of carbonyl (C=O) groups is 4. The molecule has 0 aromatic rings. The van der Waals surface area contributed by atoms with Crippen LogP contribution in [0.25, 0.3) is 0 Å². The first kappa shape index (κ1) is 27.8. The third kappa shape index (κ3) is 13.9.